The van der Waals surface area contributed by atoms with Crippen molar-refractivity contribution in [3.05, 3.63) is 49.0 Å². The number of benzene rings is 1. The molecule has 1 aromatic heterocycles. The van der Waals surface area contributed by atoms with Crippen LogP contribution in [-0.2, 0) is 16.0 Å². The lowest BCUT2D eigenvalue weighted by molar-refractivity contribution is -0.121. The number of thiophene rings is 1. The molecule has 2 heterocycles. The number of halogens is 2. The van der Waals surface area contributed by atoms with Gasteiger partial charge in [0.15, 0.2) is 6.61 Å². The molecule has 0 N–H and O–H groups in total. The van der Waals surface area contributed by atoms with Crippen LogP contribution in [0.25, 0.3) is 0 Å². The van der Waals surface area contributed by atoms with Crippen LogP contribution in [0, 0.1) is 0 Å². The second kappa shape index (κ2) is 7.15. The standard InChI is InChI=1S/C16H13Br2NO3S/c17-11-8-13(23-15(11)18)16(21)22-9-14(20)19-7-3-5-10-4-1-2-6-12(10)19/h1-2,4,6,8H,3,5,7,9H2. The van der Waals surface area contributed by atoms with Crippen LogP contribution >= 0.6 is 43.2 Å². The number of fused-ring (bicyclic) bond motifs is 1. The molecule has 1 amide bonds. The number of hydrogen-bond acceptors (Lipinski definition) is 4. The van der Waals surface area contributed by atoms with Gasteiger partial charge in [0.2, 0.25) is 0 Å². The Labute approximate surface area is 154 Å². The van der Waals surface area contributed by atoms with Gasteiger partial charge in [-0.15, -0.1) is 11.3 Å². The summed E-state index contributed by atoms with van der Waals surface area (Å²) in [6.45, 7) is 0.407. The van der Waals surface area contributed by atoms with Crippen molar-refractivity contribution in [1.29, 1.82) is 0 Å². The molecular weight excluding hydrogens is 446 g/mol. The zero-order chi connectivity index (χ0) is 16.4. The number of anilines is 1. The van der Waals surface area contributed by atoms with Gasteiger partial charge >= 0.3 is 5.97 Å². The van der Waals surface area contributed by atoms with Gasteiger partial charge in [0.1, 0.15) is 4.88 Å². The van der Waals surface area contributed by atoms with E-state index in [2.05, 4.69) is 31.9 Å². The van der Waals surface area contributed by atoms with Crippen LogP contribution in [0.5, 0.6) is 0 Å². The summed E-state index contributed by atoms with van der Waals surface area (Å²) in [7, 11) is 0. The Balaban J connectivity index is 1.65. The van der Waals surface area contributed by atoms with Crippen molar-refractivity contribution < 1.29 is 14.3 Å². The number of nitrogens with zero attached hydrogens (tertiary/aromatic N) is 1. The molecule has 1 aromatic carbocycles. The highest BCUT2D eigenvalue weighted by Crippen LogP contribution is 2.32. The fourth-order valence-corrected chi connectivity index (χ4v) is 4.45. The number of amides is 1. The molecule has 4 nitrogen and oxygen atoms in total. The van der Waals surface area contributed by atoms with Gasteiger partial charge in [-0.25, -0.2) is 4.79 Å². The summed E-state index contributed by atoms with van der Waals surface area (Å²) in [4.78, 5) is 26.6. The lowest BCUT2D eigenvalue weighted by Crippen LogP contribution is -2.38. The van der Waals surface area contributed by atoms with Gasteiger partial charge in [0.05, 0.1) is 3.79 Å². The Bertz CT molecular complexity index is 740. The van der Waals surface area contributed by atoms with E-state index in [-0.39, 0.29) is 12.5 Å². The van der Waals surface area contributed by atoms with E-state index in [1.165, 1.54) is 11.3 Å². The molecule has 0 fully saturated rings. The molecule has 0 atom stereocenters. The molecule has 2 aromatic rings. The van der Waals surface area contributed by atoms with Crippen molar-refractivity contribution in [1.82, 2.24) is 0 Å². The normalized spacial score (nSPS) is 13.6. The summed E-state index contributed by atoms with van der Waals surface area (Å²) in [5.74, 6) is -0.680. The van der Waals surface area contributed by atoms with E-state index in [9.17, 15) is 9.59 Å². The summed E-state index contributed by atoms with van der Waals surface area (Å²) in [6, 6.07) is 9.53. The molecule has 7 heteroatoms. The van der Waals surface area contributed by atoms with Crippen molar-refractivity contribution in [3.8, 4) is 0 Å². The van der Waals surface area contributed by atoms with Crippen LogP contribution in [0.15, 0.2) is 38.6 Å². The first-order chi connectivity index (χ1) is 11.1. The molecule has 0 saturated heterocycles. The van der Waals surface area contributed by atoms with E-state index in [4.69, 9.17) is 4.74 Å². The molecule has 0 saturated carbocycles. The maximum absolute atomic E-state index is 12.4. The molecule has 1 aliphatic heterocycles. The van der Waals surface area contributed by atoms with Crippen LogP contribution in [0.1, 0.15) is 21.7 Å². The maximum atomic E-state index is 12.4. The van der Waals surface area contributed by atoms with Gasteiger partial charge in [-0.05, 0) is 62.4 Å². The van der Waals surface area contributed by atoms with Gasteiger partial charge in [-0.1, -0.05) is 18.2 Å². The quantitative estimate of drug-likeness (QED) is 0.640. The zero-order valence-electron chi connectivity index (χ0n) is 12.1. The number of rotatable bonds is 3. The highest BCUT2D eigenvalue weighted by Gasteiger charge is 2.23. The van der Waals surface area contributed by atoms with Crippen molar-refractivity contribution >= 4 is 60.8 Å². The van der Waals surface area contributed by atoms with Gasteiger partial charge in [-0.3, -0.25) is 4.79 Å². The highest BCUT2D eigenvalue weighted by atomic mass is 79.9. The topological polar surface area (TPSA) is 46.6 Å². The molecule has 0 spiro atoms. The van der Waals surface area contributed by atoms with Crippen LogP contribution < -0.4 is 4.90 Å². The Hall–Kier alpha value is -1.18. The second-order valence-corrected chi connectivity index (χ2v) is 8.31. The van der Waals surface area contributed by atoms with E-state index in [1.54, 1.807) is 11.0 Å². The Morgan fingerprint density at radius 2 is 2.04 bits per heavy atom. The van der Waals surface area contributed by atoms with Crippen molar-refractivity contribution in [2.75, 3.05) is 18.1 Å². The van der Waals surface area contributed by atoms with E-state index in [0.717, 1.165) is 32.4 Å². The number of carbonyl (C=O) groups excluding carboxylic acids is 2. The SMILES string of the molecule is O=C(OCC(=O)N1CCCc2ccccc21)c1cc(Br)c(Br)s1. The predicted octanol–water partition coefficient (Wildman–Crippen LogP) is 4.41. The first kappa shape index (κ1) is 16.7. The lowest BCUT2D eigenvalue weighted by atomic mass is 10.0. The molecule has 0 radical (unpaired) electrons. The number of esters is 1. The van der Waals surface area contributed by atoms with Gasteiger partial charge in [0, 0.05) is 16.7 Å². The van der Waals surface area contributed by atoms with Crippen molar-refractivity contribution in [2.24, 2.45) is 0 Å². The molecule has 1 aliphatic rings. The minimum Gasteiger partial charge on any atom is -0.451 e. The third kappa shape index (κ3) is 3.67. The van der Waals surface area contributed by atoms with Crippen LogP contribution in [0.2, 0.25) is 0 Å². The number of ether oxygens (including phenoxy) is 1. The molecule has 0 aliphatic carbocycles. The summed E-state index contributed by atoms with van der Waals surface area (Å²) >= 11 is 7.93. The Kier molecular flexibility index (Phi) is 5.18. The molecular formula is C16H13Br2NO3S. The molecule has 23 heavy (non-hydrogen) atoms. The lowest BCUT2D eigenvalue weighted by Gasteiger charge is -2.29. The van der Waals surface area contributed by atoms with Gasteiger partial charge < -0.3 is 9.64 Å². The predicted molar refractivity (Wildman–Crippen MR) is 97.1 cm³/mol. The fourth-order valence-electron chi connectivity index (χ4n) is 2.52. The van der Waals surface area contributed by atoms with E-state index < -0.39 is 5.97 Å². The smallest absolute Gasteiger partial charge is 0.348 e. The monoisotopic (exact) mass is 457 g/mol. The Morgan fingerprint density at radius 3 is 2.78 bits per heavy atom. The minimum atomic E-state index is -0.486. The van der Waals surface area contributed by atoms with Crippen molar-refractivity contribution in [2.45, 2.75) is 12.8 Å². The van der Waals surface area contributed by atoms with Crippen LogP contribution in [0.4, 0.5) is 5.69 Å². The summed E-state index contributed by atoms with van der Waals surface area (Å²) < 4.78 is 6.78. The maximum Gasteiger partial charge on any atom is 0.348 e. The minimum absolute atomic E-state index is 0.194. The third-order valence-corrected chi connectivity index (χ3v) is 6.82. The van der Waals surface area contributed by atoms with Gasteiger partial charge in [-0.2, -0.15) is 0 Å². The molecule has 120 valence electrons. The van der Waals surface area contributed by atoms with Crippen molar-refractivity contribution in [3.63, 3.8) is 0 Å². The van der Waals surface area contributed by atoms with Crippen LogP contribution in [-0.4, -0.2) is 25.0 Å². The average Bonchev–Trinajstić information content (AvgIpc) is 2.91. The third-order valence-electron chi connectivity index (χ3n) is 3.58. The molecule has 0 unspecified atom stereocenters. The second-order valence-electron chi connectivity index (χ2n) is 5.09. The van der Waals surface area contributed by atoms with E-state index in [1.807, 2.05) is 24.3 Å². The molecule has 0 bridgehead atoms. The highest BCUT2D eigenvalue weighted by molar-refractivity contribution is 9.13. The largest absolute Gasteiger partial charge is 0.451 e. The van der Waals surface area contributed by atoms with Gasteiger partial charge in [0.25, 0.3) is 5.91 Å². The Morgan fingerprint density at radius 1 is 1.26 bits per heavy atom. The number of para-hydroxylation sites is 1. The summed E-state index contributed by atoms with van der Waals surface area (Å²) in [6.07, 6.45) is 1.89. The summed E-state index contributed by atoms with van der Waals surface area (Å²) in [5, 5.41) is 0. The number of carbonyl (C=O) groups is 2. The van der Waals surface area contributed by atoms with E-state index >= 15 is 0 Å². The summed E-state index contributed by atoms with van der Waals surface area (Å²) in [5.41, 5.74) is 2.07. The number of aryl methyl sites for hydroxylation is 1. The average molecular weight is 459 g/mol. The number of hydrogen-bond donors (Lipinski definition) is 0. The zero-order valence-corrected chi connectivity index (χ0v) is 16.0. The van der Waals surface area contributed by atoms with Crippen LogP contribution in [0.3, 0.4) is 0 Å². The molecule has 3 rings (SSSR count). The first-order valence-corrected chi connectivity index (χ1v) is 9.47. The fraction of sp³-hybridized carbons (Fsp3) is 0.250. The first-order valence-electron chi connectivity index (χ1n) is 7.06. The van der Waals surface area contributed by atoms with E-state index in [0.29, 0.717) is 11.4 Å².